The second kappa shape index (κ2) is 9.97. The van der Waals surface area contributed by atoms with E-state index in [9.17, 15) is 9.18 Å². The number of halogens is 1. The SMILES string of the molecule is CC(Cc1ccccc1)OC(=O)CN.Fc1ccc(S)cc1. The summed E-state index contributed by atoms with van der Waals surface area (Å²) in [4.78, 5) is 11.6. The van der Waals surface area contributed by atoms with Crippen molar-refractivity contribution in [2.45, 2.75) is 24.3 Å². The Morgan fingerprint density at radius 3 is 2.27 bits per heavy atom. The first-order valence-electron chi connectivity index (χ1n) is 6.89. The minimum Gasteiger partial charge on any atom is -0.461 e. The molecule has 0 spiro atoms. The molecule has 2 aromatic rings. The van der Waals surface area contributed by atoms with Crippen molar-refractivity contribution in [3.8, 4) is 0 Å². The third-order valence-corrected chi connectivity index (χ3v) is 2.99. The van der Waals surface area contributed by atoms with Gasteiger partial charge in [0.25, 0.3) is 0 Å². The lowest BCUT2D eigenvalue weighted by atomic mass is 10.1. The van der Waals surface area contributed by atoms with Crippen LogP contribution in [-0.2, 0) is 16.0 Å². The van der Waals surface area contributed by atoms with Crippen molar-refractivity contribution in [1.29, 1.82) is 0 Å². The van der Waals surface area contributed by atoms with E-state index in [4.69, 9.17) is 10.5 Å². The summed E-state index contributed by atoms with van der Waals surface area (Å²) in [5, 5.41) is 0. The fraction of sp³-hybridized carbons (Fsp3) is 0.235. The molecule has 0 aromatic heterocycles. The largest absolute Gasteiger partial charge is 0.461 e. The molecule has 3 nitrogen and oxygen atoms in total. The molecule has 118 valence electrons. The minimum atomic E-state index is -0.353. The van der Waals surface area contributed by atoms with Crippen LogP contribution in [0.25, 0.3) is 0 Å². The second-order valence-electron chi connectivity index (χ2n) is 4.67. The van der Waals surface area contributed by atoms with Crippen molar-refractivity contribution in [1.82, 2.24) is 0 Å². The monoisotopic (exact) mass is 321 g/mol. The van der Waals surface area contributed by atoms with Crippen LogP contribution in [0.1, 0.15) is 12.5 Å². The first-order chi connectivity index (χ1) is 10.5. The van der Waals surface area contributed by atoms with Crippen LogP contribution >= 0.6 is 12.6 Å². The predicted molar refractivity (Wildman–Crippen MR) is 88.4 cm³/mol. The van der Waals surface area contributed by atoms with Gasteiger partial charge in [-0.15, -0.1) is 12.6 Å². The van der Waals surface area contributed by atoms with Crippen LogP contribution in [0, 0.1) is 5.82 Å². The Bertz CT molecular complexity index is 540. The van der Waals surface area contributed by atoms with Gasteiger partial charge in [0, 0.05) is 11.3 Å². The highest BCUT2D eigenvalue weighted by molar-refractivity contribution is 7.80. The molecule has 0 fully saturated rings. The standard InChI is InChI=1S/C11H15NO2.C6H5FS/c1-9(14-11(13)8-12)7-10-5-3-2-4-6-10;7-5-1-3-6(8)4-2-5/h2-6,9H,7-8,12H2,1H3;1-4,8H. The molecule has 5 heteroatoms. The number of nitrogens with two attached hydrogens (primary N) is 1. The number of thiol groups is 1. The average Bonchev–Trinajstić information content (AvgIpc) is 2.51. The Labute approximate surface area is 135 Å². The van der Waals surface area contributed by atoms with Crippen molar-refractivity contribution in [3.63, 3.8) is 0 Å². The van der Waals surface area contributed by atoms with Crippen LogP contribution in [-0.4, -0.2) is 18.6 Å². The van der Waals surface area contributed by atoms with Gasteiger partial charge in [0.05, 0.1) is 6.54 Å². The molecule has 0 aliphatic heterocycles. The summed E-state index contributed by atoms with van der Waals surface area (Å²) in [5.41, 5.74) is 6.30. The first-order valence-corrected chi connectivity index (χ1v) is 7.34. The van der Waals surface area contributed by atoms with Gasteiger partial charge in [-0.25, -0.2) is 4.39 Å². The maximum atomic E-state index is 12.1. The number of carbonyl (C=O) groups excluding carboxylic acids is 1. The van der Waals surface area contributed by atoms with Gasteiger partial charge in [0.2, 0.25) is 0 Å². The lowest BCUT2D eigenvalue weighted by Crippen LogP contribution is -2.23. The van der Waals surface area contributed by atoms with Crippen molar-refractivity contribution < 1.29 is 13.9 Å². The number of ether oxygens (including phenoxy) is 1. The van der Waals surface area contributed by atoms with Crippen LogP contribution in [0.3, 0.4) is 0 Å². The van der Waals surface area contributed by atoms with E-state index in [1.54, 1.807) is 12.1 Å². The highest BCUT2D eigenvalue weighted by atomic mass is 32.1. The van der Waals surface area contributed by atoms with Gasteiger partial charge >= 0.3 is 5.97 Å². The maximum Gasteiger partial charge on any atom is 0.319 e. The van der Waals surface area contributed by atoms with E-state index in [-0.39, 0.29) is 24.4 Å². The summed E-state index contributed by atoms with van der Waals surface area (Å²) < 4.78 is 17.1. The van der Waals surface area contributed by atoms with E-state index in [0.717, 1.165) is 16.9 Å². The van der Waals surface area contributed by atoms with Crippen molar-refractivity contribution in [3.05, 3.63) is 66.0 Å². The summed E-state index contributed by atoms with van der Waals surface area (Å²) in [6.45, 7) is 1.81. The van der Waals surface area contributed by atoms with Crippen LogP contribution < -0.4 is 5.73 Å². The Kier molecular flexibility index (Phi) is 8.25. The molecule has 0 amide bonds. The number of carbonyl (C=O) groups is 1. The Hall–Kier alpha value is -1.85. The van der Waals surface area contributed by atoms with Gasteiger partial charge in [0.15, 0.2) is 0 Å². The van der Waals surface area contributed by atoms with Gasteiger partial charge < -0.3 is 10.5 Å². The van der Waals surface area contributed by atoms with Crippen LogP contribution in [0.5, 0.6) is 0 Å². The summed E-state index contributed by atoms with van der Waals surface area (Å²) in [6, 6.07) is 15.9. The normalized spacial score (nSPS) is 11.1. The van der Waals surface area contributed by atoms with Crippen molar-refractivity contribution in [2.24, 2.45) is 5.73 Å². The average molecular weight is 321 g/mol. The smallest absolute Gasteiger partial charge is 0.319 e. The molecule has 0 saturated carbocycles. The zero-order valence-corrected chi connectivity index (χ0v) is 13.3. The predicted octanol–water partition coefficient (Wildman–Crippen LogP) is 3.23. The van der Waals surface area contributed by atoms with E-state index in [0.29, 0.717) is 0 Å². The second-order valence-corrected chi connectivity index (χ2v) is 5.19. The van der Waals surface area contributed by atoms with Crippen molar-refractivity contribution >= 4 is 18.6 Å². The maximum absolute atomic E-state index is 12.1. The van der Waals surface area contributed by atoms with Crippen LogP contribution in [0.4, 0.5) is 4.39 Å². The fourth-order valence-corrected chi connectivity index (χ4v) is 1.85. The van der Waals surface area contributed by atoms with E-state index >= 15 is 0 Å². The number of hydrogen-bond acceptors (Lipinski definition) is 4. The Morgan fingerprint density at radius 1 is 1.18 bits per heavy atom. The Balaban J connectivity index is 0.000000255. The molecule has 0 aliphatic carbocycles. The highest BCUT2D eigenvalue weighted by Gasteiger charge is 2.07. The molecule has 0 heterocycles. The summed E-state index contributed by atoms with van der Waals surface area (Å²) in [6.07, 6.45) is 0.612. The topological polar surface area (TPSA) is 52.3 Å². The fourth-order valence-electron chi connectivity index (χ4n) is 1.70. The van der Waals surface area contributed by atoms with Gasteiger partial charge in [-0.1, -0.05) is 30.3 Å². The molecule has 22 heavy (non-hydrogen) atoms. The lowest BCUT2D eigenvalue weighted by Gasteiger charge is -2.12. The number of esters is 1. The zero-order valence-electron chi connectivity index (χ0n) is 12.4. The van der Waals surface area contributed by atoms with Crippen LogP contribution in [0.2, 0.25) is 0 Å². The van der Waals surface area contributed by atoms with E-state index in [2.05, 4.69) is 12.6 Å². The van der Waals surface area contributed by atoms with Gasteiger partial charge in [0.1, 0.15) is 11.9 Å². The molecule has 2 rings (SSSR count). The van der Waals surface area contributed by atoms with Crippen molar-refractivity contribution in [2.75, 3.05) is 6.54 Å². The molecule has 0 saturated heterocycles. The molecule has 0 radical (unpaired) electrons. The quantitative estimate of drug-likeness (QED) is 0.671. The molecule has 0 aliphatic rings. The zero-order chi connectivity index (χ0) is 16.4. The molecule has 1 atom stereocenters. The summed E-state index contributed by atoms with van der Waals surface area (Å²) in [5.74, 6) is -0.573. The third kappa shape index (κ3) is 7.81. The van der Waals surface area contributed by atoms with E-state index in [1.165, 1.54) is 12.1 Å². The Morgan fingerprint density at radius 2 is 1.77 bits per heavy atom. The van der Waals surface area contributed by atoms with Crippen LogP contribution in [0.15, 0.2) is 59.5 Å². The summed E-state index contributed by atoms with van der Waals surface area (Å²) >= 11 is 3.97. The third-order valence-electron chi connectivity index (χ3n) is 2.69. The highest BCUT2D eigenvalue weighted by Crippen LogP contribution is 2.06. The van der Waals surface area contributed by atoms with Gasteiger partial charge in [-0.2, -0.15) is 0 Å². The number of rotatable bonds is 4. The number of benzene rings is 2. The molecular weight excluding hydrogens is 301 g/mol. The molecule has 0 bridgehead atoms. The van der Waals surface area contributed by atoms with Gasteiger partial charge in [-0.05, 0) is 36.8 Å². The minimum absolute atomic E-state index is 0.0564. The first kappa shape index (κ1) is 18.2. The summed E-state index contributed by atoms with van der Waals surface area (Å²) in [7, 11) is 0. The van der Waals surface area contributed by atoms with E-state index in [1.807, 2.05) is 37.3 Å². The lowest BCUT2D eigenvalue weighted by molar-refractivity contribution is -0.146. The van der Waals surface area contributed by atoms with E-state index < -0.39 is 0 Å². The molecular formula is C17H20FNO2S. The molecule has 2 aromatic carbocycles. The molecule has 1 unspecified atom stereocenters. The number of hydrogen-bond donors (Lipinski definition) is 2. The molecule has 2 N–H and O–H groups in total. The van der Waals surface area contributed by atoms with Gasteiger partial charge in [-0.3, -0.25) is 4.79 Å².